The van der Waals surface area contributed by atoms with E-state index < -0.39 is 28.6 Å². The van der Waals surface area contributed by atoms with E-state index in [1.807, 2.05) is 42.5 Å². The first-order valence-corrected chi connectivity index (χ1v) is 14.0. The van der Waals surface area contributed by atoms with Crippen molar-refractivity contribution in [1.82, 2.24) is 4.90 Å². The van der Waals surface area contributed by atoms with Crippen LogP contribution in [-0.4, -0.2) is 68.6 Å². The second-order valence-corrected chi connectivity index (χ2v) is 12.0. The van der Waals surface area contributed by atoms with E-state index in [2.05, 4.69) is 13.5 Å². The van der Waals surface area contributed by atoms with Gasteiger partial charge in [0.2, 0.25) is 5.91 Å². The quantitative estimate of drug-likeness (QED) is 0.362. The lowest BCUT2D eigenvalue weighted by molar-refractivity contribution is -0.149. The molecule has 5 rings (SSSR count). The molecule has 0 aromatic heterocycles. The number of benzene rings is 2. The molecule has 6 atom stereocenters. The predicted molar refractivity (Wildman–Crippen MR) is 145 cm³/mol. The number of carboxylic acids is 1. The van der Waals surface area contributed by atoms with Crippen LogP contribution in [0.25, 0.3) is 10.8 Å². The molecule has 0 radical (unpaired) electrons. The number of unbranched alkanes of at least 4 members (excludes halogenated alkanes) is 2. The van der Waals surface area contributed by atoms with Crippen LogP contribution in [0.15, 0.2) is 55.1 Å². The summed E-state index contributed by atoms with van der Waals surface area (Å²) in [7, 11) is 0. The van der Waals surface area contributed by atoms with Gasteiger partial charge in [-0.05, 0) is 54.5 Å². The number of fused-ring (bicyclic) bond motifs is 2. The average molecular weight is 523 g/mol. The van der Waals surface area contributed by atoms with Gasteiger partial charge in [-0.25, -0.2) is 0 Å². The van der Waals surface area contributed by atoms with Gasteiger partial charge < -0.3 is 20.0 Å². The van der Waals surface area contributed by atoms with E-state index in [4.69, 9.17) is 0 Å². The van der Waals surface area contributed by atoms with Crippen LogP contribution >= 0.6 is 11.8 Å². The van der Waals surface area contributed by atoms with E-state index in [1.54, 1.807) is 27.6 Å². The number of anilines is 1. The predicted octanol–water partition coefficient (Wildman–Crippen LogP) is 3.94. The Bertz CT molecular complexity index is 1230. The summed E-state index contributed by atoms with van der Waals surface area (Å²) < 4.78 is -0.769. The molecule has 8 heteroatoms. The maximum absolute atomic E-state index is 14.5. The van der Waals surface area contributed by atoms with Gasteiger partial charge in [0.1, 0.15) is 6.04 Å². The highest BCUT2D eigenvalue weighted by Gasteiger charge is 2.76. The number of carbonyl (C=O) groups excluding carboxylic acids is 2. The summed E-state index contributed by atoms with van der Waals surface area (Å²) in [6.07, 6.45) is 4.38. The molecular formula is C29H34N2O5S. The molecule has 2 bridgehead atoms. The van der Waals surface area contributed by atoms with Gasteiger partial charge >= 0.3 is 5.97 Å². The van der Waals surface area contributed by atoms with Crippen LogP contribution in [0, 0.1) is 17.8 Å². The summed E-state index contributed by atoms with van der Waals surface area (Å²) in [4.78, 5) is 44.2. The van der Waals surface area contributed by atoms with Gasteiger partial charge in [-0.3, -0.25) is 14.4 Å². The number of hydrogen-bond donors (Lipinski definition) is 2. The molecule has 1 spiro atoms. The molecule has 37 heavy (non-hydrogen) atoms. The second-order valence-electron chi connectivity index (χ2n) is 10.5. The molecule has 3 fully saturated rings. The van der Waals surface area contributed by atoms with Crippen molar-refractivity contribution in [2.45, 2.75) is 48.6 Å². The highest BCUT2D eigenvalue weighted by molar-refractivity contribution is 8.02. The van der Waals surface area contributed by atoms with Gasteiger partial charge in [0, 0.05) is 30.6 Å². The number of amides is 2. The number of rotatable bonds is 10. The van der Waals surface area contributed by atoms with E-state index in [-0.39, 0.29) is 36.1 Å². The molecule has 2 aromatic rings. The zero-order valence-corrected chi connectivity index (χ0v) is 21.9. The Morgan fingerprint density at radius 3 is 2.65 bits per heavy atom. The van der Waals surface area contributed by atoms with Crippen LogP contribution in [0.1, 0.15) is 32.6 Å². The fraction of sp³-hybridized carbons (Fsp3) is 0.483. The zero-order chi connectivity index (χ0) is 26.3. The molecule has 3 heterocycles. The lowest BCUT2D eigenvalue weighted by atomic mass is 9.66. The third kappa shape index (κ3) is 4.05. The molecule has 0 aliphatic carbocycles. The van der Waals surface area contributed by atoms with Crippen molar-refractivity contribution in [2.24, 2.45) is 17.8 Å². The topological polar surface area (TPSA) is 98.2 Å². The number of hydrogen-bond acceptors (Lipinski definition) is 5. The highest BCUT2D eigenvalue weighted by Crippen LogP contribution is 2.68. The molecule has 7 nitrogen and oxygen atoms in total. The minimum absolute atomic E-state index is 0.0330. The molecule has 3 unspecified atom stereocenters. The number of carboxylic acid groups (broad SMARTS) is 1. The molecule has 2 N–H and O–H groups in total. The van der Waals surface area contributed by atoms with Crippen LogP contribution in [0.3, 0.4) is 0 Å². The van der Waals surface area contributed by atoms with Gasteiger partial charge in [0.05, 0.1) is 16.6 Å². The van der Waals surface area contributed by atoms with Gasteiger partial charge in [-0.15, -0.1) is 18.3 Å². The van der Waals surface area contributed by atoms with E-state index in [9.17, 15) is 24.6 Å². The normalized spacial score (nSPS) is 30.1. The van der Waals surface area contributed by atoms with Crippen molar-refractivity contribution in [1.29, 1.82) is 0 Å². The number of likely N-dealkylation sites (tertiary alicyclic amines) is 1. The van der Waals surface area contributed by atoms with E-state index in [1.165, 1.54) is 0 Å². The Balaban J connectivity index is 1.57. The maximum Gasteiger partial charge on any atom is 0.308 e. The Morgan fingerprint density at radius 2 is 1.95 bits per heavy atom. The molecular weight excluding hydrogens is 488 g/mol. The zero-order valence-electron chi connectivity index (χ0n) is 21.1. The van der Waals surface area contributed by atoms with Crippen molar-refractivity contribution in [3.8, 4) is 0 Å². The van der Waals surface area contributed by atoms with Gasteiger partial charge in [-0.1, -0.05) is 43.3 Å². The van der Waals surface area contributed by atoms with Crippen LogP contribution in [0.5, 0.6) is 0 Å². The Hall–Kier alpha value is -2.84. The lowest BCUT2D eigenvalue weighted by Crippen LogP contribution is -2.57. The Morgan fingerprint density at radius 1 is 1.19 bits per heavy atom. The molecule has 196 valence electrons. The number of aliphatic carboxylic acids is 1. The lowest BCUT2D eigenvalue weighted by Gasteiger charge is -2.40. The van der Waals surface area contributed by atoms with Crippen LogP contribution in [0.4, 0.5) is 5.69 Å². The summed E-state index contributed by atoms with van der Waals surface area (Å²) in [5, 5.41) is 21.2. The smallest absolute Gasteiger partial charge is 0.308 e. The van der Waals surface area contributed by atoms with Gasteiger partial charge in [0.25, 0.3) is 5.91 Å². The third-order valence-corrected chi connectivity index (χ3v) is 10.5. The fourth-order valence-corrected chi connectivity index (χ4v) is 9.25. The largest absolute Gasteiger partial charge is 0.481 e. The van der Waals surface area contributed by atoms with Crippen molar-refractivity contribution >= 4 is 46.0 Å². The Labute approximate surface area is 221 Å². The summed E-state index contributed by atoms with van der Waals surface area (Å²) in [5.74, 6) is -2.80. The summed E-state index contributed by atoms with van der Waals surface area (Å²) in [6, 6.07) is 13.1. The first-order chi connectivity index (χ1) is 17.8. The van der Waals surface area contributed by atoms with Crippen molar-refractivity contribution in [3.05, 3.63) is 55.1 Å². The van der Waals surface area contributed by atoms with Gasteiger partial charge in [-0.2, -0.15) is 0 Å². The minimum Gasteiger partial charge on any atom is -0.481 e. The molecule has 2 amide bonds. The number of nitrogens with zero attached hydrogens (tertiary/aromatic N) is 2. The van der Waals surface area contributed by atoms with Crippen molar-refractivity contribution in [2.75, 3.05) is 24.6 Å². The summed E-state index contributed by atoms with van der Waals surface area (Å²) in [5.41, 5.74) is 0.733. The van der Waals surface area contributed by atoms with E-state index >= 15 is 0 Å². The monoisotopic (exact) mass is 522 g/mol. The molecule has 2 aromatic carbocycles. The molecule has 0 saturated carbocycles. The first kappa shape index (κ1) is 25.8. The minimum atomic E-state index is -0.949. The number of aliphatic hydroxyl groups excluding tert-OH is 1. The van der Waals surface area contributed by atoms with Crippen LogP contribution in [0.2, 0.25) is 0 Å². The Kier molecular flexibility index (Phi) is 7.07. The second kappa shape index (κ2) is 10.1. The molecule has 3 aliphatic rings. The summed E-state index contributed by atoms with van der Waals surface area (Å²) in [6.45, 7) is 6.68. The first-order valence-electron chi connectivity index (χ1n) is 13.1. The molecule has 3 aliphatic heterocycles. The number of carbonyl (C=O) groups is 3. The van der Waals surface area contributed by atoms with Crippen molar-refractivity contribution < 1.29 is 24.6 Å². The standard InChI is InChI=1S/C29H34N2O5S/c1-3-13-30(21-12-11-19-9-5-6-10-20(19)17-21)27(34)25-29-18(2)16-22(37-29)23(28(35)36)24(29)26(33)31(25)14-7-4-8-15-32/h3,5-6,9-12,17-18,22-25,32H,1,4,7-8,13-16H2,2H3,(H,35,36)/t18?,22-,23+,24-,25?,29?/m0/s1. The average Bonchev–Trinajstić information content (AvgIpc) is 3.48. The van der Waals surface area contributed by atoms with E-state index in [0.29, 0.717) is 25.8 Å². The number of thioether (sulfide) groups is 1. The van der Waals surface area contributed by atoms with E-state index in [0.717, 1.165) is 22.9 Å². The van der Waals surface area contributed by atoms with Crippen LogP contribution < -0.4 is 4.90 Å². The maximum atomic E-state index is 14.5. The van der Waals surface area contributed by atoms with Gasteiger partial charge in [0.15, 0.2) is 0 Å². The fourth-order valence-electron chi connectivity index (χ4n) is 6.84. The SMILES string of the molecule is C=CCN(C(=O)C1N(CCCCCO)C(=O)[C@@H]2[C@H](C(=O)O)[C@@H]3CC(C)C12S3)c1ccc2ccccc2c1. The third-order valence-electron chi connectivity index (χ3n) is 8.44. The molecule has 3 saturated heterocycles. The van der Waals surface area contributed by atoms with Crippen molar-refractivity contribution in [3.63, 3.8) is 0 Å². The summed E-state index contributed by atoms with van der Waals surface area (Å²) >= 11 is 1.56. The number of aliphatic hydroxyl groups is 1. The highest BCUT2D eigenvalue weighted by atomic mass is 32.2. The van der Waals surface area contributed by atoms with Crippen LogP contribution in [-0.2, 0) is 14.4 Å².